The number of anilines is 2. The van der Waals surface area contributed by atoms with Gasteiger partial charge in [0, 0.05) is 41.9 Å². The predicted octanol–water partition coefficient (Wildman–Crippen LogP) is 8.48. The molecular formula is C43H45Cl2NNaO8. The van der Waals surface area contributed by atoms with E-state index in [1.807, 2.05) is 104 Å². The van der Waals surface area contributed by atoms with Crippen LogP contribution in [-0.4, -0.2) is 89.7 Å². The average Bonchev–Trinajstić information content (AvgIpc) is 3.49. The summed E-state index contributed by atoms with van der Waals surface area (Å²) in [6.45, 7) is 3.75. The second kappa shape index (κ2) is 23.7. The molecule has 3 N–H and O–H groups in total. The van der Waals surface area contributed by atoms with Gasteiger partial charge in [-0.1, -0.05) is 138 Å². The van der Waals surface area contributed by atoms with E-state index in [4.69, 9.17) is 52.0 Å². The number of nitrogens with one attached hydrogen (secondary N) is 1. The van der Waals surface area contributed by atoms with E-state index in [1.165, 1.54) is 0 Å². The van der Waals surface area contributed by atoms with Crippen molar-refractivity contribution in [2.45, 2.75) is 63.9 Å². The van der Waals surface area contributed by atoms with Crippen molar-refractivity contribution in [3.63, 3.8) is 0 Å². The molecule has 1 fully saturated rings. The van der Waals surface area contributed by atoms with E-state index in [0.717, 1.165) is 16.7 Å². The van der Waals surface area contributed by atoms with Crippen LogP contribution in [0.1, 0.15) is 29.2 Å². The van der Waals surface area contributed by atoms with Crippen LogP contribution in [0.3, 0.4) is 0 Å². The van der Waals surface area contributed by atoms with Gasteiger partial charge in [-0.05, 0) is 47.4 Å². The number of aliphatic hydroxyl groups excluding tert-OH is 1. The molecular weight excluding hydrogens is 752 g/mol. The fourth-order valence-electron chi connectivity index (χ4n) is 5.82. The largest absolute Gasteiger partial charge is 0.481 e. The summed E-state index contributed by atoms with van der Waals surface area (Å²) in [5.74, 6) is -0.889. The fraction of sp³-hybridized carbons (Fsp3) is 0.279. The molecule has 1 heterocycles. The van der Waals surface area contributed by atoms with Gasteiger partial charge in [-0.25, -0.2) is 0 Å². The minimum Gasteiger partial charge on any atom is -0.481 e. The third-order valence-corrected chi connectivity index (χ3v) is 9.13. The Morgan fingerprint density at radius 3 is 1.87 bits per heavy atom. The van der Waals surface area contributed by atoms with Crippen molar-refractivity contribution in [1.82, 2.24) is 0 Å². The number of carboxylic acids is 1. The molecule has 5 aromatic carbocycles. The maximum atomic E-state index is 11.0. The van der Waals surface area contributed by atoms with E-state index in [9.17, 15) is 9.90 Å². The molecule has 0 saturated carbocycles. The van der Waals surface area contributed by atoms with Crippen LogP contribution in [0.15, 0.2) is 133 Å². The molecule has 12 heteroatoms. The standard InChI is InChI=1S/C29H34O6.C14H11Cl2NO2.Na/c1-2-32-29-26(30)28(34-20-24-16-10-5-11-17-24)27(35-29)25(33-19-23-14-8-4-9-15-23)21-31-18-22-12-6-3-7-13-22;15-10-5-3-6-11(16)14(10)17-12-7-2-1-4-9(12)8-13(18)19;/h3-17,25-30H,2,18-21H2,1H3;1-7,17H,8H2,(H,18,19);/t25?,26-,27-,28-,29?;;/m1../s1. The third-order valence-electron chi connectivity index (χ3n) is 8.50. The number of halogens is 2. The summed E-state index contributed by atoms with van der Waals surface area (Å²) < 4.78 is 30.4. The van der Waals surface area contributed by atoms with Crippen LogP contribution in [-0.2, 0) is 54.7 Å². The number of hydrogen-bond acceptors (Lipinski definition) is 8. The zero-order valence-corrected chi connectivity index (χ0v) is 34.4. The van der Waals surface area contributed by atoms with Gasteiger partial charge in [-0.15, -0.1) is 0 Å². The summed E-state index contributed by atoms with van der Waals surface area (Å²) in [5.41, 5.74) is 5.06. The minimum atomic E-state index is -0.944. The summed E-state index contributed by atoms with van der Waals surface area (Å²) >= 11 is 12.1. The molecule has 0 bridgehead atoms. The smallest absolute Gasteiger partial charge is 0.307 e. The molecule has 6 rings (SSSR count). The minimum absolute atomic E-state index is 0. The zero-order valence-electron chi connectivity index (χ0n) is 30.9. The Balaban J connectivity index is 0.000000285. The van der Waals surface area contributed by atoms with Crippen LogP contribution in [0.2, 0.25) is 10.0 Å². The quantitative estimate of drug-likeness (QED) is 0.0798. The van der Waals surface area contributed by atoms with Crippen LogP contribution in [0.4, 0.5) is 11.4 Å². The predicted molar refractivity (Wildman–Crippen MR) is 216 cm³/mol. The summed E-state index contributed by atoms with van der Waals surface area (Å²) in [6, 6.07) is 42.1. The van der Waals surface area contributed by atoms with E-state index in [2.05, 4.69) is 5.32 Å². The molecule has 9 nitrogen and oxygen atoms in total. The van der Waals surface area contributed by atoms with Crippen molar-refractivity contribution in [3.8, 4) is 0 Å². The van der Waals surface area contributed by atoms with Crippen molar-refractivity contribution in [3.05, 3.63) is 166 Å². The second-order valence-corrected chi connectivity index (χ2v) is 13.3. The maximum absolute atomic E-state index is 11.0. The van der Waals surface area contributed by atoms with E-state index >= 15 is 0 Å². The van der Waals surface area contributed by atoms with Gasteiger partial charge in [-0.3, -0.25) is 4.79 Å². The number of carboxylic acid groups (broad SMARTS) is 1. The van der Waals surface area contributed by atoms with Gasteiger partial charge in [0.1, 0.15) is 24.4 Å². The van der Waals surface area contributed by atoms with E-state index in [0.29, 0.717) is 53.4 Å². The molecule has 0 aromatic heterocycles. The topological polar surface area (TPSA) is 116 Å². The van der Waals surface area contributed by atoms with Crippen molar-refractivity contribution in [2.75, 3.05) is 18.5 Å². The Morgan fingerprint density at radius 2 is 1.29 bits per heavy atom. The van der Waals surface area contributed by atoms with Gasteiger partial charge >= 0.3 is 5.97 Å². The number of para-hydroxylation sites is 2. The number of aliphatic hydroxyl groups is 1. The van der Waals surface area contributed by atoms with Gasteiger partial charge in [0.2, 0.25) is 0 Å². The number of benzene rings is 5. The van der Waals surface area contributed by atoms with E-state index in [1.54, 1.807) is 36.4 Å². The SMILES string of the molecule is CCOC1O[C@H](C(COCc2ccccc2)OCc2ccccc2)[C@H](OCc2ccccc2)[C@H]1O.O=C(O)Cc1ccccc1Nc1c(Cl)cccc1Cl.[Na]. The van der Waals surface area contributed by atoms with Crippen LogP contribution in [0, 0.1) is 0 Å². The number of carbonyl (C=O) groups is 1. The van der Waals surface area contributed by atoms with Gasteiger partial charge < -0.3 is 39.2 Å². The third kappa shape index (κ3) is 14.0. The first-order chi connectivity index (χ1) is 26.3. The van der Waals surface area contributed by atoms with E-state index in [-0.39, 0.29) is 42.6 Å². The Labute approximate surface area is 354 Å². The summed E-state index contributed by atoms with van der Waals surface area (Å²) in [6.07, 6.45) is -3.47. The molecule has 0 spiro atoms. The zero-order chi connectivity index (χ0) is 38.1. The molecule has 55 heavy (non-hydrogen) atoms. The van der Waals surface area contributed by atoms with Crippen LogP contribution >= 0.6 is 23.2 Å². The molecule has 285 valence electrons. The maximum Gasteiger partial charge on any atom is 0.307 e. The normalized spacial score (nSPS) is 18.0. The molecule has 2 unspecified atom stereocenters. The Morgan fingerprint density at radius 1 is 0.745 bits per heavy atom. The molecule has 1 aliphatic rings. The first kappa shape index (κ1) is 44.4. The van der Waals surface area contributed by atoms with Crippen molar-refractivity contribution in [2.24, 2.45) is 0 Å². The molecule has 1 radical (unpaired) electrons. The average molecular weight is 798 g/mol. The van der Waals surface area contributed by atoms with Gasteiger partial charge in [0.05, 0.1) is 48.6 Å². The van der Waals surface area contributed by atoms with Crippen molar-refractivity contribution in [1.29, 1.82) is 0 Å². The number of rotatable bonds is 17. The second-order valence-electron chi connectivity index (χ2n) is 12.5. The van der Waals surface area contributed by atoms with E-state index < -0.39 is 36.7 Å². The number of ether oxygens (including phenoxy) is 5. The molecule has 1 aliphatic heterocycles. The Hall–Kier alpha value is -3.29. The molecule has 0 aliphatic carbocycles. The van der Waals surface area contributed by atoms with Crippen LogP contribution in [0.25, 0.3) is 0 Å². The molecule has 0 amide bonds. The first-order valence-corrected chi connectivity index (χ1v) is 18.5. The monoisotopic (exact) mass is 796 g/mol. The fourth-order valence-corrected chi connectivity index (χ4v) is 6.31. The van der Waals surface area contributed by atoms with Crippen molar-refractivity contribution < 1.29 is 38.7 Å². The van der Waals surface area contributed by atoms with Gasteiger partial charge in [-0.2, -0.15) is 0 Å². The Kier molecular flexibility index (Phi) is 19.1. The summed E-state index contributed by atoms with van der Waals surface area (Å²) in [4.78, 5) is 10.8. The molecule has 5 atom stereocenters. The molecule has 1 saturated heterocycles. The summed E-state index contributed by atoms with van der Waals surface area (Å²) in [5, 5.41) is 23.9. The van der Waals surface area contributed by atoms with Crippen LogP contribution < -0.4 is 5.32 Å². The van der Waals surface area contributed by atoms with Crippen molar-refractivity contribution >= 4 is 70.1 Å². The first-order valence-electron chi connectivity index (χ1n) is 17.7. The number of hydrogen-bond donors (Lipinski definition) is 3. The van der Waals surface area contributed by atoms with Crippen LogP contribution in [0.5, 0.6) is 0 Å². The molecule has 5 aromatic rings. The van der Waals surface area contributed by atoms with Gasteiger partial charge in [0.15, 0.2) is 6.29 Å². The van der Waals surface area contributed by atoms with Gasteiger partial charge in [0.25, 0.3) is 0 Å². The Bertz CT molecular complexity index is 1840. The number of aliphatic carboxylic acids is 1. The summed E-state index contributed by atoms with van der Waals surface area (Å²) in [7, 11) is 0.